The Morgan fingerprint density at radius 3 is 2.38 bits per heavy atom. The van der Waals surface area contributed by atoms with E-state index in [-0.39, 0.29) is 0 Å². The largest absolute Gasteiger partial charge is 0.493 e. The average Bonchev–Trinajstić information content (AvgIpc) is 2.63. The lowest BCUT2D eigenvalue weighted by Gasteiger charge is -2.34. The molecule has 2 aromatic rings. The maximum Gasteiger partial charge on any atom is 0.405 e. The molecule has 0 spiro atoms. The van der Waals surface area contributed by atoms with Crippen LogP contribution in [0.3, 0.4) is 0 Å². The summed E-state index contributed by atoms with van der Waals surface area (Å²) in [5.74, 6) is 1.23. The standard InChI is InChI=1S/C19H21F3N2O2/c1-4-24-10-12-8-16(25-2)17(26-3)9-14(12)13-6-5-7-15(18(13)24)23-11-19(20,21)22/h5-9,23H,4,10-11H2,1-3H3. The fraction of sp³-hybridized carbons (Fsp3) is 0.368. The van der Waals surface area contributed by atoms with Crippen molar-refractivity contribution < 1.29 is 22.6 Å². The van der Waals surface area contributed by atoms with E-state index in [1.807, 2.05) is 25.1 Å². The second-order valence-electron chi connectivity index (χ2n) is 6.05. The number of hydrogen-bond donors (Lipinski definition) is 1. The summed E-state index contributed by atoms with van der Waals surface area (Å²) >= 11 is 0. The number of benzene rings is 2. The van der Waals surface area contributed by atoms with Gasteiger partial charge in [0, 0.05) is 18.7 Å². The zero-order chi connectivity index (χ0) is 18.9. The zero-order valence-electron chi connectivity index (χ0n) is 14.9. The Balaban J connectivity index is 2.12. The molecule has 1 aliphatic rings. The van der Waals surface area contributed by atoms with Crippen molar-refractivity contribution in [2.75, 3.05) is 37.5 Å². The maximum absolute atomic E-state index is 12.7. The monoisotopic (exact) mass is 366 g/mol. The lowest BCUT2D eigenvalue weighted by Crippen LogP contribution is -2.28. The molecule has 0 aromatic heterocycles. The van der Waals surface area contributed by atoms with E-state index in [2.05, 4.69) is 10.2 Å². The van der Waals surface area contributed by atoms with Crippen LogP contribution in [-0.2, 0) is 6.54 Å². The van der Waals surface area contributed by atoms with Crippen molar-refractivity contribution in [2.45, 2.75) is 19.6 Å². The Morgan fingerprint density at radius 2 is 1.77 bits per heavy atom. The van der Waals surface area contributed by atoms with Crippen LogP contribution < -0.4 is 19.7 Å². The number of alkyl halides is 3. The van der Waals surface area contributed by atoms with Gasteiger partial charge in [0.2, 0.25) is 0 Å². The number of rotatable bonds is 5. The molecule has 0 radical (unpaired) electrons. The van der Waals surface area contributed by atoms with E-state index in [0.29, 0.717) is 30.3 Å². The van der Waals surface area contributed by atoms with Crippen molar-refractivity contribution in [3.8, 4) is 22.6 Å². The molecule has 0 saturated carbocycles. The van der Waals surface area contributed by atoms with Gasteiger partial charge in [0.1, 0.15) is 6.54 Å². The number of anilines is 2. The van der Waals surface area contributed by atoms with Crippen LogP contribution in [0.1, 0.15) is 12.5 Å². The first kappa shape index (κ1) is 18.2. The second-order valence-corrected chi connectivity index (χ2v) is 6.05. The smallest absolute Gasteiger partial charge is 0.405 e. The van der Waals surface area contributed by atoms with Crippen molar-refractivity contribution in [3.63, 3.8) is 0 Å². The van der Waals surface area contributed by atoms with Gasteiger partial charge in [-0.3, -0.25) is 0 Å². The molecule has 0 amide bonds. The first-order valence-electron chi connectivity index (χ1n) is 8.31. The first-order chi connectivity index (χ1) is 12.4. The number of nitrogens with zero attached hydrogens (tertiary/aromatic N) is 1. The highest BCUT2D eigenvalue weighted by Gasteiger charge is 2.29. The molecule has 1 aliphatic heterocycles. The number of hydrogen-bond acceptors (Lipinski definition) is 4. The molecule has 0 bridgehead atoms. The van der Waals surface area contributed by atoms with Gasteiger partial charge >= 0.3 is 6.18 Å². The van der Waals surface area contributed by atoms with Crippen molar-refractivity contribution in [2.24, 2.45) is 0 Å². The van der Waals surface area contributed by atoms with Crippen LogP contribution in [0.4, 0.5) is 24.5 Å². The van der Waals surface area contributed by atoms with Crippen molar-refractivity contribution in [1.29, 1.82) is 0 Å². The highest BCUT2D eigenvalue weighted by Crippen LogP contribution is 2.46. The van der Waals surface area contributed by atoms with Crippen LogP contribution in [-0.4, -0.2) is 33.5 Å². The second kappa shape index (κ2) is 6.97. The fourth-order valence-electron chi connectivity index (χ4n) is 3.30. The van der Waals surface area contributed by atoms with E-state index in [0.717, 1.165) is 22.4 Å². The Morgan fingerprint density at radius 1 is 1.08 bits per heavy atom. The number of nitrogens with one attached hydrogen (secondary N) is 1. The molecule has 3 rings (SSSR count). The summed E-state index contributed by atoms with van der Waals surface area (Å²) < 4.78 is 48.8. The van der Waals surface area contributed by atoms with Crippen LogP contribution in [0.15, 0.2) is 30.3 Å². The predicted octanol–water partition coefficient (Wildman–Crippen LogP) is 4.68. The molecule has 4 nitrogen and oxygen atoms in total. The van der Waals surface area contributed by atoms with Gasteiger partial charge in [0.25, 0.3) is 0 Å². The van der Waals surface area contributed by atoms with Crippen LogP contribution in [0.5, 0.6) is 11.5 Å². The van der Waals surface area contributed by atoms with Gasteiger partial charge in [0.15, 0.2) is 11.5 Å². The lowest BCUT2D eigenvalue weighted by molar-refractivity contribution is -0.115. The number of halogens is 3. The Kier molecular flexibility index (Phi) is 4.89. The van der Waals surface area contributed by atoms with E-state index in [4.69, 9.17) is 9.47 Å². The van der Waals surface area contributed by atoms with Gasteiger partial charge < -0.3 is 19.7 Å². The fourth-order valence-corrected chi connectivity index (χ4v) is 3.30. The van der Waals surface area contributed by atoms with Gasteiger partial charge in [-0.1, -0.05) is 12.1 Å². The Labute approximate surface area is 150 Å². The van der Waals surface area contributed by atoms with Crippen LogP contribution in [0, 0.1) is 0 Å². The summed E-state index contributed by atoms with van der Waals surface area (Å²) in [6.45, 7) is 2.17. The van der Waals surface area contributed by atoms with E-state index in [1.54, 1.807) is 26.4 Å². The molecule has 0 aliphatic carbocycles. The van der Waals surface area contributed by atoms with Gasteiger partial charge in [-0.15, -0.1) is 0 Å². The first-order valence-corrected chi connectivity index (χ1v) is 8.31. The highest BCUT2D eigenvalue weighted by atomic mass is 19.4. The molecule has 0 saturated heterocycles. The normalized spacial score (nSPS) is 13.1. The minimum absolute atomic E-state index is 0.474. The van der Waals surface area contributed by atoms with E-state index < -0.39 is 12.7 Å². The zero-order valence-corrected chi connectivity index (χ0v) is 14.9. The molecular weight excluding hydrogens is 345 g/mol. The highest BCUT2D eigenvalue weighted by molar-refractivity contribution is 5.92. The average molecular weight is 366 g/mol. The number of para-hydroxylation sites is 1. The molecule has 7 heteroatoms. The summed E-state index contributed by atoms with van der Waals surface area (Å²) in [5, 5.41) is 2.54. The molecular formula is C19H21F3N2O2. The van der Waals surface area contributed by atoms with Crippen molar-refractivity contribution in [1.82, 2.24) is 0 Å². The van der Waals surface area contributed by atoms with Gasteiger partial charge in [0.05, 0.1) is 25.6 Å². The maximum atomic E-state index is 12.7. The molecule has 1 heterocycles. The van der Waals surface area contributed by atoms with Crippen LogP contribution in [0.25, 0.3) is 11.1 Å². The van der Waals surface area contributed by atoms with Crippen molar-refractivity contribution in [3.05, 3.63) is 35.9 Å². The Hall–Kier alpha value is -2.57. The quantitative estimate of drug-likeness (QED) is 0.833. The SMILES string of the molecule is CCN1Cc2cc(OC)c(OC)cc2-c2cccc(NCC(F)(F)F)c21. The van der Waals surface area contributed by atoms with Gasteiger partial charge in [-0.05, 0) is 36.2 Å². The van der Waals surface area contributed by atoms with E-state index >= 15 is 0 Å². The molecule has 0 atom stereocenters. The third-order valence-electron chi connectivity index (χ3n) is 4.47. The molecule has 0 fully saturated rings. The van der Waals surface area contributed by atoms with Crippen molar-refractivity contribution >= 4 is 11.4 Å². The summed E-state index contributed by atoms with van der Waals surface area (Å²) in [6.07, 6.45) is -4.27. The molecule has 2 aromatic carbocycles. The topological polar surface area (TPSA) is 33.7 Å². The third-order valence-corrected chi connectivity index (χ3v) is 4.47. The summed E-state index contributed by atoms with van der Waals surface area (Å²) in [6, 6.07) is 9.17. The minimum atomic E-state index is -4.27. The Bertz CT molecular complexity index is 806. The molecule has 1 N–H and O–H groups in total. The third kappa shape index (κ3) is 3.38. The van der Waals surface area contributed by atoms with Crippen LogP contribution in [0.2, 0.25) is 0 Å². The molecule has 0 unspecified atom stereocenters. The number of fused-ring (bicyclic) bond motifs is 3. The molecule has 140 valence electrons. The number of ether oxygens (including phenoxy) is 2. The number of methoxy groups -OCH3 is 2. The predicted molar refractivity (Wildman–Crippen MR) is 96.3 cm³/mol. The van der Waals surface area contributed by atoms with E-state index in [1.165, 1.54) is 0 Å². The lowest BCUT2D eigenvalue weighted by atomic mass is 9.92. The summed E-state index contributed by atoms with van der Waals surface area (Å²) in [7, 11) is 3.14. The summed E-state index contributed by atoms with van der Waals surface area (Å²) in [5.41, 5.74) is 4.12. The van der Waals surface area contributed by atoms with Gasteiger partial charge in [-0.2, -0.15) is 13.2 Å². The minimum Gasteiger partial charge on any atom is -0.493 e. The van der Waals surface area contributed by atoms with Gasteiger partial charge in [-0.25, -0.2) is 0 Å². The van der Waals surface area contributed by atoms with E-state index in [9.17, 15) is 13.2 Å². The van der Waals surface area contributed by atoms with Crippen LogP contribution >= 0.6 is 0 Å². The molecule has 26 heavy (non-hydrogen) atoms. The summed E-state index contributed by atoms with van der Waals surface area (Å²) in [4.78, 5) is 2.06.